The van der Waals surface area contributed by atoms with E-state index in [0.29, 0.717) is 23.4 Å². The van der Waals surface area contributed by atoms with Crippen molar-refractivity contribution in [2.45, 2.75) is 6.10 Å². The lowest BCUT2D eigenvalue weighted by Crippen LogP contribution is -2.49. The summed E-state index contributed by atoms with van der Waals surface area (Å²) < 4.78 is 11.9. The Bertz CT molecular complexity index is 977. The van der Waals surface area contributed by atoms with E-state index in [1.807, 2.05) is 0 Å². The van der Waals surface area contributed by atoms with Gasteiger partial charge in [-0.2, -0.15) is 0 Å². The number of hydrogen-bond donors (Lipinski definition) is 2. The van der Waals surface area contributed by atoms with Gasteiger partial charge in [-0.3, -0.25) is 9.88 Å². The molecule has 0 radical (unpaired) electrons. The van der Waals surface area contributed by atoms with Gasteiger partial charge in [0.15, 0.2) is 5.58 Å². The summed E-state index contributed by atoms with van der Waals surface area (Å²) in [5.41, 5.74) is 2.32. The van der Waals surface area contributed by atoms with Crippen LogP contribution in [0.5, 0.6) is 5.75 Å². The van der Waals surface area contributed by atoms with Crippen molar-refractivity contribution in [2.75, 3.05) is 44.2 Å². The van der Waals surface area contributed by atoms with Crippen LogP contribution in [0.1, 0.15) is 0 Å². The van der Waals surface area contributed by atoms with Crippen molar-refractivity contribution in [3.8, 4) is 5.75 Å². The fourth-order valence-corrected chi connectivity index (χ4v) is 3.76. The van der Waals surface area contributed by atoms with Gasteiger partial charge in [0.25, 0.3) is 0 Å². The molecule has 0 aliphatic carbocycles. The van der Waals surface area contributed by atoms with Crippen LogP contribution in [0.4, 0.5) is 5.69 Å². The minimum absolute atomic E-state index is 0.192. The number of H-pyrrole nitrogens is 1. The first-order valence-corrected chi connectivity index (χ1v) is 10.3. The highest BCUT2D eigenvalue weighted by Crippen LogP contribution is 2.20. The third-order valence-electron chi connectivity index (χ3n) is 4.87. The molecule has 0 amide bonds. The molecule has 1 aliphatic rings. The number of aromatic nitrogens is 1. The summed E-state index contributed by atoms with van der Waals surface area (Å²) in [7, 11) is 0. The molecule has 0 spiro atoms. The molecule has 4 rings (SSSR count). The minimum atomic E-state index is -0.584. The monoisotopic (exact) mass is 495 g/mol. The predicted molar refractivity (Wildman–Crippen MR) is 116 cm³/mol. The van der Waals surface area contributed by atoms with E-state index >= 15 is 0 Å². The molecule has 1 saturated heterocycles. The van der Waals surface area contributed by atoms with Crippen molar-refractivity contribution in [1.29, 1.82) is 0 Å². The number of rotatable bonds is 6. The van der Waals surface area contributed by atoms with Crippen LogP contribution >= 0.6 is 22.6 Å². The number of aliphatic hydroxyl groups is 1. The zero-order valence-corrected chi connectivity index (χ0v) is 17.5. The molecule has 1 aliphatic heterocycles. The number of aromatic amines is 1. The summed E-state index contributed by atoms with van der Waals surface area (Å²) in [5.74, 6) is 0.0781. The predicted octanol–water partition coefficient (Wildman–Crippen LogP) is 2.29. The molecule has 7 nitrogen and oxygen atoms in total. The standard InChI is InChI=1S/C20H22IN3O4/c21-14-1-3-15(4-2-14)24-9-7-23(8-10-24)12-16(25)13-27-17-5-6-18-19(11-17)28-20(26)22-18/h1-6,11,16,25H,7-10,12-13H2,(H,22,26). The fourth-order valence-electron chi connectivity index (χ4n) is 3.40. The smallest absolute Gasteiger partial charge is 0.417 e. The lowest BCUT2D eigenvalue weighted by atomic mass is 10.2. The first kappa shape index (κ1) is 19.3. The second-order valence-corrected chi connectivity index (χ2v) is 8.15. The molecular formula is C20H22IN3O4. The van der Waals surface area contributed by atoms with Gasteiger partial charge in [0.05, 0.1) is 5.52 Å². The summed E-state index contributed by atoms with van der Waals surface area (Å²) in [6.45, 7) is 4.46. The molecule has 2 aromatic carbocycles. The Balaban J connectivity index is 1.24. The summed E-state index contributed by atoms with van der Waals surface area (Å²) in [5, 5.41) is 10.3. The van der Waals surface area contributed by atoms with Gasteiger partial charge in [-0.05, 0) is 59.0 Å². The fraction of sp³-hybridized carbons (Fsp3) is 0.350. The molecule has 2 N–H and O–H groups in total. The number of hydrogen-bond acceptors (Lipinski definition) is 6. The van der Waals surface area contributed by atoms with Crippen LogP contribution in [-0.2, 0) is 0 Å². The third kappa shape index (κ3) is 4.68. The first-order valence-electron chi connectivity index (χ1n) is 9.23. The van der Waals surface area contributed by atoms with E-state index in [1.165, 1.54) is 9.26 Å². The third-order valence-corrected chi connectivity index (χ3v) is 5.59. The number of fused-ring (bicyclic) bond motifs is 1. The molecule has 1 atom stereocenters. The number of piperazine rings is 1. The Kier molecular flexibility index (Phi) is 5.88. The maximum absolute atomic E-state index is 11.2. The van der Waals surface area contributed by atoms with E-state index in [1.54, 1.807) is 18.2 Å². The van der Waals surface area contributed by atoms with E-state index < -0.39 is 11.9 Å². The van der Waals surface area contributed by atoms with Gasteiger partial charge in [0.2, 0.25) is 0 Å². The molecule has 148 valence electrons. The molecule has 8 heteroatoms. The molecule has 0 saturated carbocycles. The van der Waals surface area contributed by atoms with Crippen molar-refractivity contribution in [3.63, 3.8) is 0 Å². The van der Waals surface area contributed by atoms with E-state index in [4.69, 9.17) is 9.15 Å². The number of nitrogens with zero attached hydrogens (tertiary/aromatic N) is 2. The van der Waals surface area contributed by atoms with Crippen LogP contribution in [-0.4, -0.2) is 60.4 Å². The molecule has 28 heavy (non-hydrogen) atoms. The number of benzene rings is 2. The van der Waals surface area contributed by atoms with Gasteiger partial charge in [0, 0.05) is 48.0 Å². The molecule has 1 aromatic heterocycles. The number of aliphatic hydroxyl groups excluding tert-OH is 1. The average molecular weight is 495 g/mol. The van der Waals surface area contributed by atoms with Crippen LogP contribution < -0.4 is 15.4 Å². The number of halogens is 1. The second-order valence-electron chi connectivity index (χ2n) is 6.90. The Morgan fingerprint density at radius 3 is 2.64 bits per heavy atom. The number of oxazole rings is 1. The maximum atomic E-state index is 11.2. The average Bonchev–Trinajstić information content (AvgIpc) is 3.07. The summed E-state index contributed by atoms with van der Waals surface area (Å²) in [4.78, 5) is 18.4. The normalized spacial score (nSPS) is 16.4. The summed E-state index contributed by atoms with van der Waals surface area (Å²) >= 11 is 2.31. The molecule has 2 heterocycles. The summed E-state index contributed by atoms with van der Waals surface area (Å²) in [6.07, 6.45) is -0.584. The number of β-amino-alcohol motifs (C(OH)–C–C–N with tert-alkyl or cyclic N) is 1. The largest absolute Gasteiger partial charge is 0.491 e. The molecule has 3 aromatic rings. The Hall–Kier alpha value is -2.04. The number of ether oxygens (including phenoxy) is 1. The van der Waals surface area contributed by atoms with Gasteiger partial charge in [0.1, 0.15) is 18.5 Å². The molecule has 1 unspecified atom stereocenters. The minimum Gasteiger partial charge on any atom is -0.491 e. The highest BCUT2D eigenvalue weighted by atomic mass is 127. The SMILES string of the molecule is O=c1[nH]c2ccc(OCC(O)CN3CCN(c4ccc(I)cc4)CC3)cc2o1. The van der Waals surface area contributed by atoms with E-state index in [-0.39, 0.29) is 6.61 Å². The Morgan fingerprint density at radius 1 is 1.14 bits per heavy atom. The molecular weight excluding hydrogens is 473 g/mol. The van der Waals surface area contributed by atoms with Gasteiger partial charge in [-0.25, -0.2) is 4.79 Å². The van der Waals surface area contributed by atoms with Crippen LogP contribution in [0, 0.1) is 3.57 Å². The highest BCUT2D eigenvalue weighted by molar-refractivity contribution is 14.1. The van der Waals surface area contributed by atoms with Crippen molar-refractivity contribution >= 4 is 39.4 Å². The van der Waals surface area contributed by atoms with E-state index in [0.717, 1.165) is 26.2 Å². The lowest BCUT2D eigenvalue weighted by Gasteiger charge is -2.36. The van der Waals surface area contributed by atoms with Gasteiger partial charge in [-0.15, -0.1) is 0 Å². The number of nitrogens with one attached hydrogen (secondary N) is 1. The zero-order valence-electron chi connectivity index (χ0n) is 15.3. The van der Waals surface area contributed by atoms with E-state index in [9.17, 15) is 9.90 Å². The molecule has 0 bridgehead atoms. The first-order chi connectivity index (χ1) is 13.6. The highest BCUT2D eigenvalue weighted by Gasteiger charge is 2.20. The quantitative estimate of drug-likeness (QED) is 0.511. The zero-order chi connectivity index (χ0) is 19.5. The van der Waals surface area contributed by atoms with Gasteiger partial charge >= 0.3 is 5.76 Å². The summed E-state index contributed by atoms with van der Waals surface area (Å²) in [6, 6.07) is 13.7. The van der Waals surface area contributed by atoms with Crippen LogP contribution in [0.2, 0.25) is 0 Å². The van der Waals surface area contributed by atoms with Crippen molar-refractivity contribution in [2.24, 2.45) is 0 Å². The maximum Gasteiger partial charge on any atom is 0.417 e. The van der Waals surface area contributed by atoms with E-state index in [2.05, 4.69) is 61.6 Å². The van der Waals surface area contributed by atoms with Crippen molar-refractivity contribution in [1.82, 2.24) is 9.88 Å². The van der Waals surface area contributed by atoms with Crippen LogP contribution in [0.15, 0.2) is 51.7 Å². The lowest BCUT2D eigenvalue weighted by molar-refractivity contribution is 0.0663. The molecule has 1 fully saturated rings. The van der Waals surface area contributed by atoms with Gasteiger partial charge in [-0.1, -0.05) is 0 Å². The van der Waals surface area contributed by atoms with Gasteiger partial charge < -0.3 is 19.2 Å². The van der Waals surface area contributed by atoms with Crippen LogP contribution in [0.3, 0.4) is 0 Å². The Labute approximate surface area is 176 Å². The van der Waals surface area contributed by atoms with Crippen molar-refractivity contribution in [3.05, 3.63) is 56.6 Å². The van der Waals surface area contributed by atoms with Crippen molar-refractivity contribution < 1.29 is 14.3 Å². The number of anilines is 1. The Morgan fingerprint density at radius 2 is 1.89 bits per heavy atom. The van der Waals surface area contributed by atoms with Crippen LogP contribution in [0.25, 0.3) is 11.1 Å². The topological polar surface area (TPSA) is 81.9 Å². The second kappa shape index (κ2) is 8.54.